The van der Waals surface area contributed by atoms with Crippen LogP contribution in [0, 0.1) is 38.0 Å². The van der Waals surface area contributed by atoms with Gasteiger partial charge < -0.3 is 20.0 Å². The fraction of sp³-hybridized carbons (Fsp3) is 0.406. The number of piperazine rings is 1. The molecule has 0 radical (unpaired) electrons. The summed E-state index contributed by atoms with van der Waals surface area (Å²) < 4.78 is 24.2. The second-order valence-electron chi connectivity index (χ2n) is 11.6. The van der Waals surface area contributed by atoms with E-state index in [-0.39, 0.29) is 16.8 Å². The van der Waals surface area contributed by atoms with Crippen LogP contribution in [0.3, 0.4) is 0 Å². The maximum absolute atomic E-state index is 13.9. The number of carbonyl (C=O) groups excluding carboxylic acids is 1. The van der Waals surface area contributed by atoms with Gasteiger partial charge in [0, 0.05) is 62.8 Å². The van der Waals surface area contributed by atoms with Crippen LogP contribution in [-0.2, 0) is 10.0 Å². The average Bonchev–Trinajstić information content (AvgIpc) is 2.99. The summed E-state index contributed by atoms with van der Waals surface area (Å²) in [6.07, 6.45) is 2.46. The highest BCUT2D eigenvalue weighted by Crippen LogP contribution is 2.33. The number of para-hydroxylation sites is 1. The lowest BCUT2D eigenvalue weighted by molar-refractivity contribution is 0.0745. The first-order valence-corrected chi connectivity index (χ1v) is 16.2. The molecule has 0 bridgehead atoms. The molecule has 5 rings (SSSR count). The number of piperidine rings is 1. The molecule has 0 saturated carbocycles. The minimum absolute atomic E-state index is 0.00921. The Morgan fingerprint density at radius 1 is 1.02 bits per heavy atom. The summed E-state index contributed by atoms with van der Waals surface area (Å²) in [6.45, 7) is 11.7. The molecule has 2 aromatic carbocycles. The molecule has 43 heavy (non-hydrogen) atoms. The van der Waals surface area contributed by atoms with Crippen molar-refractivity contribution in [1.82, 2.24) is 9.88 Å². The Hall–Kier alpha value is -4.14. The van der Waals surface area contributed by atoms with E-state index in [1.807, 2.05) is 47.9 Å². The lowest BCUT2D eigenvalue weighted by Crippen LogP contribution is -2.49. The van der Waals surface area contributed by atoms with Crippen molar-refractivity contribution in [3.05, 3.63) is 76.5 Å². The van der Waals surface area contributed by atoms with Crippen molar-refractivity contribution in [2.75, 3.05) is 54.4 Å². The van der Waals surface area contributed by atoms with Crippen molar-refractivity contribution in [3.63, 3.8) is 0 Å². The number of hydrogen-bond donors (Lipinski definition) is 2. The zero-order chi connectivity index (χ0) is 30.9. The normalized spacial score (nSPS) is 19.2. The van der Waals surface area contributed by atoms with E-state index in [1.165, 1.54) is 6.07 Å². The molecule has 11 heteroatoms. The van der Waals surface area contributed by atoms with Gasteiger partial charge in [-0.1, -0.05) is 25.1 Å². The summed E-state index contributed by atoms with van der Waals surface area (Å²) >= 11 is 0. The number of primary sulfonamides is 1. The van der Waals surface area contributed by atoms with Crippen LogP contribution in [0.25, 0.3) is 0 Å². The largest absolute Gasteiger partial charge is 0.381 e. The Morgan fingerprint density at radius 3 is 2.42 bits per heavy atom. The number of anilines is 3. The van der Waals surface area contributed by atoms with Gasteiger partial charge in [0.2, 0.25) is 10.0 Å². The number of rotatable bonds is 6. The monoisotopic (exact) mass is 601 g/mol. The first-order chi connectivity index (χ1) is 20.5. The molecule has 2 fully saturated rings. The van der Waals surface area contributed by atoms with Crippen LogP contribution < -0.4 is 20.3 Å². The lowest BCUT2D eigenvalue weighted by Gasteiger charge is -2.40. The number of aromatic nitrogens is 1. The van der Waals surface area contributed by atoms with E-state index < -0.39 is 10.0 Å². The highest BCUT2D eigenvalue weighted by molar-refractivity contribution is 7.89. The number of nitrogens with zero attached hydrogens (tertiary/aromatic N) is 5. The molecule has 226 valence electrons. The van der Waals surface area contributed by atoms with Gasteiger partial charge in [0.25, 0.3) is 5.91 Å². The molecule has 3 aromatic rings. The van der Waals surface area contributed by atoms with E-state index in [9.17, 15) is 18.5 Å². The lowest BCUT2D eigenvalue weighted by atomic mass is 9.90. The summed E-state index contributed by atoms with van der Waals surface area (Å²) in [5, 5.41) is 18.8. The number of aryl methyl sites for hydroxylation is 2. The first kappa shape index (κ1) is 30.3. The molecule has 1 amide bonds. The second kappa shape index (κ2) is 12.2. The number of nitrogens with one attached hydrogen (secondary N) is 1. The number of nitrogens with two attached hydrogens (primary N) is 1. The van der Waals surface area contributed by atoms with Gasteiger partial charge in [-0.15, -0.1) is 0 Å². The second-order valence-corrected chi connectivity index (χ2v) is 13.2. The third kappa shape index (κ3) is 6.17. The molecule has 2 atom stereocenters. The Bertz CT molecular complexity index is 1680. The number of benzene rings is 2. The van der Waals surface area contributed by atoms with Crippen LogP contribution in [-0.4, -0.2) is 69.5 Å². The summed E-state index contributed by atoms with van der Waals surface area (Å²) in [4.78, 5) is 24.2. The van der Waals surface area contributed by atoms with Crippen molar-refractivity contribution in [3.8, 4) is 6.07 Å². The third-order valence-electron chi connectivity index (χ3n) is 8.71. The smallest absolute Gasteiger partial charge is 0.254 e. The number of amides is 1. The molecule has 2 saturated heterocycles. The SMILES string of the molecule is Cc1cc(C)c(C(=O)N2CCN(c3ncccc3S(N)(=O)=O)CC2)c(C)c1N[C@H]1CCN(c2ccccc2C#N)C[C@@H]1C. The molecule has 2 aliphatic rings. The van der Waals surface area contributed by atoms with Crippen LogP contribution in [0.5, 0.6) is 0 Å². The zero-order valence-corrected chi connectivity index (χ0v) is 26.0. The van der Waals surface area contributed by atoms with Crippen LogP contribution in [0.2, 0.25) is 0 Å². The third-order valence-corrected chi connectivity index (χ3v) is 9.64. The fourth-order valence-corrected chi connectivity index (χ4v) is 7.17. The number of pyridine rings is 1. The van der Waals surface area contributed by atoms with Gasteiger partial charge in [-0.05, 0) is 74.1 Å². The number of nitriles is 1. The van der Waals surface area contributed by atoms with Crippen molar-refractivity contribution < 1.29 is 13.2 Å². The van der Waals surface area contributed by atoms with Crippen LogP contribution in [0.15, 0.2) is 53.6 Å². The molecule has 0 unspecified atom stereocenters. The van der Waals surface area contributed by atoms with Gasteiger partial charge in [-0.3, -0.25) is 4.79 Å². The van der Waals surface area contributed by atoms with Crippen molar-refractivity contribution in [2.24, 2.45) is 11.1 Å². The Labute approximate surface area is 254 Å². The summed E-state index contributed by atoms with van der Waals surface area (Å²) in [5.74, 6) is 0.616. The van der Waals surface area contributed by atoms with Gasteiger partial charge in [0.1, 0.15) is 16.8 Å². The molecular weight excluding hydrogens is 562 g/mol. The summed E-state index contributed by atoms with van der Waals surface area (Å²) in [7, 11) is -3.92. The minimum atomic E-state index is -3.92. The predicted octanol–water partition coefficient (Wildman–Crippen LogP) is 3.82. The number of carbonyl (C=O) groups is 1. The Balaban J connectivity index is 1.30. The highest BCUT2D eigenvalue weighted by Gasteiger charge is 2.31. The van der Waals surface area contributed by atoms with Gasteiger partial charge in [0.05, 0.1) is 11.3 Å². The van der Waals surface area contributed by atoms with Crippen molar-refractivity contribution in [2.45, 2.75) is 45.1 Å². The van der Waals surface area contributed by atoms with Gasteiger partial charge in [-0.2, -0.15) is 5.26 Å². The molecule has 10 nitrogen and oxygen atoms in total. The van der Waals surface area contributed by atoms with Gasteiger partial charge in [-0.25, -0.2) is 18.5 Å². The minimum Gasteiger partial charge on any atom is -0.381 e. The van der Waals surface area contributed by atoms with Crippen LogP contribution >= 0.6 is 0 Å². The van der Waals surface area contributed by atoms with Crippen molar-refractivity contribution >= 4 is 33.1 Å². The molecule has 3 heterocycles. The standard InChI is InChI=1S/C32H39N7O3S/c1-21-18-22(2)30(36-26-11-13-39(20-23(26)3)27-9-6-5-8-25(27)19-33)24(4)29(21)32(40)38-16-14-37(15-17-38)31-28(43(34,41)42)10-7-12-35-31/h5-10,12,18,23,26,36H,11,13-17,20H2,1-4H3,(H2,34,41,42)/t23-,26-/m0/s1. The maximum Gasteiger partial charge on any atom is 0.254 e. The molecule has 1 aromatic heterocycles. The van der Waals surface area contributed by atoms with Crippen molar-refractivity contribution in [1.29, 1.82) is 5.26 Å². The Kier molecular flexibility index (Phi) is 8.62. The van der Waals surface area contributed by atoms with E-state index in [0.717, 1.165) is 47.6 Å². The van der Waals surface area contributed by atoms with Gasteiger partial charge in [0.15, 0.2) is 0 Å². The van der Waals surface area contributed by atoms with Crippen LogP contribution in [0.4, 0.5) is 17.2 Å². The summed E-state index contributed by atoms with van der Waals surface area (Å²) in [5.41, 5.74) is 6.36. The number of sulfonamides is 1. The van der Waals surface area contributed by atoms with Crippen LogP contribution in [0.1, 0.15) is 46.0 Å². The summed E-state index contributed by atoms with van der Waals surface area (Å²) in [6, 6.07) is 15.4. The quantitative estimate of drug-likeness (QED) is 0.435. The van der Waals surface area contributed by atoms with Gasteiger partial charge >= 0.3 is 0 Å². The molecule has 0 spiro atoms. The van der Waals surface area contributed by atoms with E-state index >= 15 is 0 Å². The fourth-order valence-electron chi connectivity index (χ4n) is 6.47. The molecule has 2 aliphatic heterocycles. The maximum atomic E-state index is 13.9. The van der Waals surface area contributed by atoms with E-state index in [2.05, 4.69) is 41.2 Å². The first-order valence-electron chi connectivity index (χ1n) is 14.6. The molecular formula is C32H39N7O3S. The zero-order valence-electron chi connectivity index (χ0n) is 25.2. The van der Waals surface area contributed by atoms with E-state index in [4.69, 9.17) is 5.14 Å². The predicted molar refractivity (Wildman–Crippen MR) is 169 cm³/mol. The number of hydrogen-bond acceptors (Lipinski definition) is 8. The molecule has 3 N–H and O–H groups in total. The average molecular weight is 602 g/mol. The Morgan fingerprint density at radius 2 is 1.74 bits per heavy atom. The van der Waals surface area contributed by atoms with E-state index in [0.29, 0.717) is 49.0 Å². The van der Waals surface area contributed by atoms with E-state index in [1.54, 1.807) is 12.3 Å². The highest BCUT2D eigenvalue weighted by atomic mass is 32.2. The topological polar surface area (TPSA) is 136 Å². The molecule has 0 aliphatic carbocycles.